The Labute approximate surface area is 152 Å². The van der Waals surface area contributed by atoms with E-state index in [-0.39, 0.29) is 17.5 Å². The molecular weight excluding hydrogens is 360 g/mol. The van der Waals surface area contributed by atoms with Crippen LogP contribution in [0.3, 0.4) is 0 Å². The van der Waals surface area contributed by atoms with E-state index in [1.165, 1.54) is 0 Å². The van der Waals surface area contributed by atoms with Crippen molar-refractivity contribution in [2.45, 2.75) is 24.8 Å². The van der Waals surface area contributed by atoms with Crippen LogP contribution in [-0.4, -0.2) is 54.2 Å². The Balaban J connectivity index is 1.80. The number of nitrogens with zero attached hydrogens (tertiary/aromatic N) is 3. The second-order valence-electron chi connectivity index (χ2n) is 6.16. The molecule has 3 heterocycles. The van der Waals surface area contributed by atoms with E-state index >= 15 is 0 Å². The van der Waals surface area contributed by atoms with Gasteiger partial charge in [-0.15, -0.1) is 0 Å². The average Bonchev–Trinajstić information content (AvgIpc) is 3.18. The van der Waals surface area contributed by atoms with Crippen LogP contribution in [0.4, 0.5) is 0 Å². The molecule has 0 bridgehead atoms. The van der Waals surface area contributed by atoms with Gasteiger partial charge in [-0.1, -0.05) is 0 Å². The van der Waals surface area contributed by atoms with Crippen LogP contribution < -0.4 is 4.72 Å². The molecule has 25 heavy (non-hydrogen) atoms. The molecule has 1 atom stereocenters. The first-order chi connectivity index (χ1) is 11.9. The summed E-state index contributed by atoms with van der Waals surface area (Å²) in [5, 5.41) is 4.21. The Morgan fingerprint density at radius 3 is 2.64 bits per heavy atom. The van der Waals surface area contributed by atoms with Gasteiger partial charge in [0.05, 0.1) is 23.7 Å². The van der Waals surface area contributed by atoms with Crippen LogP contribution in [-0.2, 0) is 17.1 Å². The van der Waals surface area contributed by atoms with Gasteiger partial charge in [0.25, 0.3) is 0 Å². The monoisotopic (exact) mass is 384 g/mol. The Bertz CT molecular complexity index is 809. The van der Waals surface area contributed by atoms with E-state index in [1.807, 2.05) is 23.9 Å². The van der Waals surface area contributed by atoms with Crippen LogP contribution in [0.15, 0.2) is 27.7 Å². The van der Waals surface area contributed by atoms with Gasteiger partial charge in [-0.25, -0.2) is 13.1 Å². The minimum absolute atomic E-state index is 0.108. The molecular formula is C16H24N4O3S2. The zero-order chi connectivity index (χ0) is 18.0. The molecule has 0 radical (unpaired) electrons. The second-order valence-corrected chi connectivity index (χ2v) is 9.08. The number of aryl methyl sites for hydroxylation is 2. The van der Waals surface area contributed by atoms with E-state index in [0.29, 0.717) is 11.4 Å². The standard InChI is InChI=1S/C16H24N4O3S2/c1-12-16(13(2)19(3)18-12)25(21,22)17-11-14(15-5-4-8-23-15)20-6-9-24-10-7-20/h4-5,8,14,17H,6-7,9-11H2,1-3H3/t14-/m0/s1. The summed E-state index contributed by atoms with van der Waals surface area (Å²) in [6.45, 7) is 5.59. The highest BCUT2D eigenvalue weighted by atomic mass is 32.2. The SMILES string of the molecule is Cc1nn(C)c(C)c1S(=O)(=O)NC[C@@H](c1ccco1)N1CCSCC1. The molecule has 0 aliphatic carbocycles. The van der Waals surface area contributed by atoms with Crippen molar-refractivity contribution >= 4 is 21.8 Å². The molecule has 2 aromatic heterocycles. The average molecular weight is 385 g/mol. The Morgan fingerprint density at radius 1 is 1.36 bits per heavy atom. The van der Waals surface area contributed by atoms with E-state index in [0.717, 1.165) is 30.4 Å². The third-order valence-electron chi connectivity index (χ3n) is 4.54. The lowest BCUT2D eigenvalue weighted by atomic mass is 10.2. The number of hydrogen-bond donors (Lipinski definition) is 1. The summed E-state index contributed by atoms with van der Waals surface area (Å²) in [5.74, 6) is 2.88. The molecule has 1 aliphatic rings. The lowest BCUT2D eigenvalue weighted by Crippen LogP contribution is -2.42. The van der Waals surface area contributed by atoms with Gasteiger partial charge in [0, 0.05) is 38.2 Å². The molecule has 2 aromatic rings. The Hall–Kier alpha value is -1.29. The zero-order valence-corrected chi connectivity index (χ0v) is 16.4. The van der Waals surface area contributed by atoms with E-state index in [1.54, 1.807) is 31.8 Å². The smallest absolute Gasteiger partial charge is 0.244 e. The second kappa shape index (κ2) is 7.53. The van der Waals surface area contributed by atoms with Crippen LogP contribution >= 0.6 is 11.8 Å². The minimum Gasteiger partial charge on any atom is -0.468 e. The highest BCUT2D eigenvalue weighted by molar-refractivity contribution is 7.99. The third kappa shape index (κ3) is 3.94. The normalized spacial score (nSPS) is 17.7. The fourth-order valence-electron chi connectivity index (χ4n) is 3.18. The fourth-order valence-corrected chi connectivity index (χ4v) is 5.59. The van der Waals surface area contributed by atoms with E-state index in [9.17, 15) is 8.42 Å². The molecule has 0 spiro atoms. The van der Waals surface area contributed by atoms with E-state index < -0.39 is 10.0 Å². The van der Waals surface area contributed by atoms with Crippen molar-refractivity contribution < 1.29 is 12.8 Å². The summed E-state index contributed by atoms with van der Waals surface area (Å²) < 4.78 is 35.6. The maximum Gasteiger partial charge on any atom is 0.244 e. The Morgan fingerprint density at radius 2 is 2.08 bits per heavy atom. The van der Waals surface area contributed by atoms with Gasteiger partial charge >= 0.3 is 0 Å². The molecule has 1 fully saturated rings. The van der Waals surface area contributed by atoms with Crippen molar-refractivity contribution in [3.05, 3.63) is 35.5 Å². The molecule has 0 aromatic carbocycles. The van der Waals surface area contributed by atoms with Gasteiger partial charge in [-0.2, -0.15) is 16.9 Å². The van der Waals surface area contributed by atoms with Gasteiger partial charge in [-0.3, -0.25) is 9.58 Å². The van der Waals surface area contributed by atoms with Crippen molar-refractivity contribution in [3.63, 3.8) is 0 Å². The lowest BCUT2D eigenvalue weighted by Gasteiger charge is -2.33. The van der Waals surface area contributed by atoms with Crippen LogP contribution in [0.2, 0.25) is 0 Å². The number of hydrogen-bond acceptors (Lipinski definition) is 6. The van der Waals surface area contributed by atoms with E-state index in [2.05, 4.69) is 14.7 Å². The molecule has 0 amide bonds. The summed E-state index contributed by atoms with van der Waals surface area (Å²) in [5.41, 5.74) is 1.14. The number of rotatable bonds is 6. The number of aromatic nitrogens is 2. The van der Waals surface area contributed by atoms with Crippen LogP contribution in [0.5, 0.6) is 0 Å². The number of nitrogens with one attached hydrogen (secondary N) is 1. The molecule has 1 N–H and O–H groups in total. The van der Waals surface area contributed by atoms with Gasteiger partial charge in [0.2, 0.25) is 10.0 Å². The lowest BCUT2D eigenvalue weighted by molar-refractivity contribution is 0.193. The zero-order valence-electron chi connectivity index (χ0n) is 14.7. The van der Waals surface area contributed by atoms with Crippen LogP contribution in [0.1, 0.15) is 23.2 Å². The summed E-state index contributed by atoms with van der Waals surface area (Å²) in [6, 6.07) is 3.63. The largest absolute Gasteiger partial charge is 0.468 e. The molecule has 138 valence electrons. The maximum absolute atomic E-state index is 12.8. The van der Waals surface area contributed by atoms with Crippen LogP contribution in [0.25, 0.3) is 0 Å². The first-order valence-electron chi connectivity index (χ1n) is 8.25. The molecule has 0 saturated carbocycles. The highest BCUT2D eigenvalue weighted by Crippen LogP contribution is 2.25. The quantitative estimate of drug-likeness (QED) is 0.816. The maximum atomic E-state index is 12.8. The number of thioether (sulfide) groups is 1. The predicted octanol–water partition coefficient (Wildman–Crippen LogP) is 1.70. The summed E-state index contributed by atoms with van der Waals surface area (Å²) in [7, 11) is -1.88. The first kappa shape index (κ1) is 18.5. The van der Waals surface area contributed by atoms with Gasteiger partial charge in [0.15, 0.2) is 0 Å². The summed E-state index contributed by atoms with van der Waals surface area (Å²) >= 11 is 1.92. The fraction of sp³-hybridized carbons (Fsp3) is 0.562. The highest BCUT2D eigenvalue weighted by Gasteiger charge is 2.29. The molecule has 7 nitrogen and oxygen atoms in total. The minimum atomic E-state index is -3.63. The van der Waals surface area contributed by atoms with Crippen molar-refractivity contribution in [3.8, 4) is 0 Å². The molecule has 1 aliphatic heterocycles. The van der Waals surface area contributed by atoms with Crippen LogP contribution in [0, 0.1) is 13.8 Å². The molecule has 3 rings (SSSR count). The van der Waals surface area contributed by atoms with Crippen molar-refractivity contribution in [1.82, 2.24) is 19.4 Å². The van der Waals surface area contributed by atoms with E-state index in [4.69, 9.17) is 4.42 Å². The predicted molar refractivity (Wildman–Crippen MR) is 98.2 cm³/mol. The molecule has 0 unspecified atom stereocenters. The van der Waals surface area contributed by atoms with Crippen molar-refractivity contribution in [1.29, 1.82) is 0 Å². The topological polar surface area (TPSA) is 80.4 Å². The Kier molecular flexibility index (Phi) is 5.57. The van der Waals surface area contributed by atoms with Gasteiger partial charge < -0.3 is 4.42 Å². The molecule has 1 saturated heterocycles. The summed E-state index contributed by atoms with van der Waals surface area (Å²) in [6.07, 6.45) is 1.63. The molecule has 9 heteroatoms. The van der Waals surface area contributed by atoms with Crippen molar-refractivity contribution in [2.75, 3.05) is 31.1 Å². The first-order valence-corrected chi connectivity index (χ1v) is 10.9. The number of furan rings is 1. The van der Waals surface area contributed by atoms with Gasteiger partial charge in [0.1, 0.15) is 10.7 Å². The number of sulfonamides is 1. The van der Waals surface area contributed by atoms with Crippen molar-refractivity contribution in [2.24, 2.45) is 7.05 Å². The third-order valence-corrected chi connectivity index (χ3v) is 7.15. The van der Waals surface area contributed by atoms with Gasteiger partial charge in [-0.05, 0) is 26.0 Å². The summed E-state index contributed by atoms with van der Waals surface area (Å²) in [4.78, 5) is 2.54.